The second-order valence-electron chi connectivity index (χ2n) is 6.25. The van der Waals surface area contributed by atoms with Gasteiger partial charge < -0.3 is 9.15 Å². The highest BCUT2D eigenvalue weighted by atomic mass is 16.5. The van der Waals surface area contributed by atoms with Crippen LogP contribution in [0.2, 0.25) is 0 Å². The monoisotopic (exact) mass is 317 g/mol. The van der Waals surface area contributed by atoms with Crippen LogP contribution in [0.1, 0.15) is 25.5 Å². The van der Waals surface area contributed by atoms with E-state index in [4.69, 9.17) is 14.1 Å². The lowest BCUT2D eigenvalue weighted by Crippen LogP contribution is -1.87. The van der Waals surface area contributed by atoms with E-state index in [0.717, 1.165) is 38.9 Å². The molecule has 120 valence electrons. The van der Waals surface area contributed by atoms with E-state index < -0.39 is 0 Å². The molecule has 0 saturated carbocycles. The standard InChI is InChI=1S/C21H19NO2/c1-13(2)19-12-17-20(14-8-10-15(23-3)11-9-14)16-6-4-5-7-18(16)22-21(17)24-19/h4-13H,1-3H3. The highest BCUT2D eigenvalue weighted by molar-refractivity contribution is 6.08. The average molecular weight is 317 g/mol. The SMILES string of the molecule is COc1ccc(-c2c3ccccc3nc3oc(C(C)C)cc23)cc1. The van der Waals surface area contributed by atoms with Crippen molar-refractivity contribution < 1.29 is 9.15 Å². The van der Waals surface area contributed by atoms with Crippen LogP contribution in [0.15, 0.2) is 59.0 Å². The first kappa shape index (κ1) is 14.8. The van der Waals surface area contributed by atoms with Gasteiger partial charge in [0.15, 0.2) is 0 Å². The van der Waals surface area contributed by atoms with Crippen molar-refractivity contribution in [3.8, 4) is 16.9 Å². The molecule has 0 aliphatic heterocycles. The molecule has 0 unspecified atom stereocenters. The molecule has 0 aliphatic rings. The molecule has 4 aromatic rings. The van der Waals surface area contributed by atoms with Crippen LogP contribution in [-0.4, -0.2) is 12.1 Å². The van der Waals surface area contributed by atoms with Crippen LogP contribution in [0.5, 0.6) is 5.75 Å². The Morgan fingerprint density at radius 3 is 2.42 bits per heavy atom. The summed E-state index contributed by atoms with van der Waals surface area (Å²) in [5, 5.41) is 2.19. The summed E-state index contributed by atoms with van der Waals surface area (Å²) in [6, 6.07) is 18.5. The van der Waals surface area contributed by atoms with Gasteiger partial charge in [-0.1, -0.05) is 44.2 Å². The topological polar surface area (TPSA) is 35.3 Å². The van der Waals surface area contributed by atoms with Crippen molar-refractivity contribution in [2.45, 2.75) is 19.8 Å². The van der Waals surface area contributed by atoms with Crippen molar-refractivity contribution in [1.82, 2.24) is 4.98 Å². The van der Waals surface area contributed by atoms with Gasteiger partial charge in [-0.15, -0.1) is 0 Å². The van der Waals surface area contributed by atoms with Crippen molar-refractivity contribution in [1.29, 1.82) is 0 Å². The number of fused-ring (bicyclic) bond motifs is 2. The van der Waals surface area contributed by atoms with Crippen LogP contribution in [0, 0.1) is 0 Å². The Morgan fingerprint density at radius 1 is 0.958 bits per heavy atom. The first-order valence-corrected chi connectivity index (χ1v) is 8.14. The van der Waals surface area contributed by atoms with Gasteiger partial charge in [0.1, 0.15) is 11.5 Å². The normalized spacial score (nSPS) is 11.5. The molecule has 0 saturated heterocycles. The summed E-state index contributed by atoms with van der Waals surface area (Å²) in [6.07, 6.45) is 0. The van der Waals surface area contributed by atoms with Crippen LogP contribution < -0.4 is 4.74 Å². The molecule has 0 spiro atoms. The van der Waals surface area contributed by atoms with Crippen molar-refractivity contribution in [3.05, 3.63) is 60.4 Å². The van der Waals surface area contributed by atoms with Crippen LogP contribution in [0.3, 0.4) is 0 Å². The molecular formula is C21H19NO2. The molecule has 0 amide bonds. The van der Waals surface area contributed by atoms with E-state index in [1.807, 2.05) is 30.3 Å². The van der Waals surface area contributed by atoms with Gasteiger partial charge in [0, 0.05) is 22.3 Å². The molecule has 3 heteroatoms. The zero-order valence-corrected chi connectivity index (χ0v) is 14.0. The van der Waals surface area contributed by atoms with E-state index in [1.165, 1.54) is 0 Å². The molecule has 0 fully saturated rings. The van der Waals surface area contributed by atoms with E-state index in [2.05, 4.69) is 38.1 Å². The van der Waals surface area contributed by atoms with Crippen LogP contribution in [0.25, 0.3) is 33.1 Å². The maximum atomic E-state index is 6.01. The fourth-order valence-electron chi connectivity index (χ4n) is 3.05. The second kappa shape index (κ2) is 5.68. The van der Waals surface area contributed by atoms with Gasteiger partial charge >= 0.3 is 0 Å². The van der Waals surface area contributed by atoms with E-state index in [1.54, 1.807) is 7.11 Å². The number of nitrogens with zero attached hydrogens (tertiary/aromatic N) is 1. The van der Waals surface area contributed by atoms with Crippen molar-refractivity contribution in [3.63, 3.8) is 0 Å². The molecule has 0 aliphatic carbocycles. The number of ether oxygens (including phenoxy) is 1. The Morgan fingerprint density at radius 2 is 1.71 bits per heavy atom. The molecular weight excluding hydrogens is 298 g/mol. The number of pyridine rings is 1. The summed E-state index contributed by atoms with van der Waals surface area (Å²) in [5.41, 5.74) is 3.94. The first-order chi connectivity index (χ1) is 11.7. The Bertz CT molecular complexity index is 1010. The molecule has 2 aromatic heterocycles. The van der Waals surface area contributed by atoms with Gasteiger partial charge in [-0.3, -0.25) is 0 Å². The minimum absolute atomic E-state index is 0.325. The zero-order chi connectivity index (χ0) is 16.7. The van der Waals surface area contributed by atoms with Crippen molar-refractivity contribution in [2.24, 2.45) is 0 Å². The molecule has 2 aromatic carbocycles. The molecule has 0 radical (unpaired) electrons. The van der Waals surface area contributed by atoms with Crippen LogP contribution in [-0.2, 0) is 0 Å². The highest BCUT2D eigenvalue weighted by Crippen LogP contribution is 2.37. The number of rotatable bonds is 3. The number of hydrogen-bond donors (Lipinski definition) is 0. The van der Waals surface area contributed by atoms with Crippen LogP contribution >= 0.6 is 0 Å². The Balaban J connectivity index is 2.07. The summed E-state index contributed by atoms with van der Waals surface area (Å²) in [6.45, 7) is 4.26. The fourth-order valence-corrected chi connectivity index (χ4v) is 3.05. The maximum absolute atomic E-state index is 6.01. The van der Waals surface area contributed by atoms with Gasteiger partial charge in [0.25, 0.3) is 0 Å². The number of aromatic nitrogens is 1. The number of methoxy groups -OCH3 is 1. The fraction of sp³-hybridized carbons (Fsp3) is 0.190. The minimum Gasteiger partial charge on any atom is -0.497 e. The molecule has 0 N–H and O–H groups in total. The third kappa shape index (κ3) is 2.33. The molecule has 3 nitrogen and oxygen atoms in total. The first-order valence-electron chi connectivity index (χ1n) is 8.14. The summed E-state index contributed by atoms with van der Waals surface area (Å²) < 4.78 is 11.3. The van der Waals surface area contributed by atoms with E-state index in [9.17, 15) is 0 Å². The number of hydrogen-bond acceptors (Lipinski definition) is 3. The third-order valence-electron chi connectivity index (χ3n) is 4.34. The lowest BCUT2D eigenvalue weighted by atomic mass is 9.97. The number of benzene rings is 2. The van der Waals surface area contributed by atoms with E-state index in [-0.39, 0.29) is 0 Å². The van der Waals surface area contributed by atoms with Gasteiger partial charge in [0.2, 0.25) is 5.71 Å². The molecule has 24 heavy (non-hydrogen) atoms. The number of para-hydroxylation sites is 1. The van der Waals surface area contributed by atoms with E-state index in [0.29, 0.717) is 11.6 Å². The minimum atomic E-state index is 0.325. The Labute approximate surface area is 140 Å². The van der Waals surface area contributed by atoms with Crippen molar-refractivity contribution >= 4 is 22.0 Å². The summed E-state index contributed by atoms with van der Waals surface area (Å²) in [4.78, 5) is 4.71. The summed E-state index contributed by atoms with van der Waals surface area (Å²) >= 11 is 0. The summed E-state index contributed by atoms with van der Waals surface area (Å²) in [5.74, 6) is 2.14. The Kier molecular flexibility index (Phi) is 3.49. The lowest BCUT2D eigenvalue weighted by Gasteiger charge is -2.09. The van der Waals surface area contributed by atoms with Gasteiger partial charge in [-0.25, -0.2) is 4.98 Å². The van der Waals surface area contributed by atoms with Gasteiger partial charge in [0.05, 0.1) is 12.6 Å². The summed E-state index contributed by atoms with van der Waals surface area (Å²) in [7, 11) is 1.68. The smallest absolute Gasteiger partial charge is 0.227 e. The maximum Gasteiger partial charge on any atom is 0.227 e. The molecule has 2 heterocycles. The van der Waals surface area contributed by atoms with Crippen molar-refractivity contribution in [2.75, 3.05) is 7.11 Å². The van der Waals surface area contributed by atoms with Crippen LogP contribution in [0.4, 0.5) is 0 Å². The predicted octanol–water partition coefficient (Wildman–Crippen LogP) is 5.78. The van der Waals surface area contributed by atoms with E-state index >= 15 is 0 Å². The third-order valence-corrected chi connectivity index (χ3v) is 4.34. The zero-order valence-electron chi connectivity index (χ0n) is 14.0. The largest absolute Gasteiger partial charge is 0.497 e. The molecule has 0 atom stereocenters. The molecule has 0 bridgehead atoms. The highest BCUT2D eigenvalue weighted by Gasteiger charge is 2.16. The van der Waals surface area contributed by atoms with Gasteiger partial charge in [-0.05, 0) is 29.8 Å². The molecule has 4 rings (SSSR count). The van der Waals surface area contributed by atoms with Gasteiger partial charge in [-0.2, -0.15) is 0 Å². The number of furan rings is 1. The Hall–Kier alpha value is -2.81. The second-order valence-corrected chi connectivity index (χ2v) is 6.25. The predicted molar refractivity (Wildman–Crippen MR) is 97.6 cm³/mol. The lowest BCUT2D eigenvalue weighted by molar-refractivity contribution is 0.415. The average Bonchev–Trinajstić information content (AvgIpc) is 3.03. The quantitative estimate of drug-likeness (QED) is 0.480.